The summed E-state index contributed by atoms with van der Waals surface area (Å²) in [6.45, 7) is 1.27. The Hall–Kier alpha value is -0.410. The monoisotopic (exact) mass is 286 g/mol. The van der Waals surface area contributed by atoms with Gasteiger partial charge in [-0.05, 0) is 36.5 Å². The van der Waals surface area contributed by atoms with Crippen molar-refractivity contribution in [2.24, 2.45) is 5.92 Å². The van der Waals surface area contributed by atoms with Gasteiger partial charge in [-0.15, -0.1) is 0 Å². The first kappa shape index (κ1) is 12.1. The van der Waals surface area contributed by atoms with Gasteiger partial charge in [0.15, 0.2) is 0 Å². The number of halogens is 2. The average Bonchev–Trinajstić information content (AvgIpc) is 2.31. The Morgan fingerprint density at radius 2 is 2.12 bits per heavy atom. The normalized spacial score (nSPS) is 19.6. The molecule has 1 aromatic carbocycles. The SMILES string of the molecule is FCC(c1cccc(Br)c1)C1CCOCC1. The van der Waals surface area contributed by atoms with Crippen molar-refractivity contribution in [2.45, 2.75) is 18.8 Å². The number of rotatable bonds is 3. The van der Waals surface area contributed by atoms with Crippen LogP contribution < -0.4 is 0 Å². The molecule has 0 aliphatic carbocycles. The average molecular weight is 287 g/mol. The second-order valence-corrected chi connectivity index (χ2v) is 5.18. The largest absolute Gasteiger partial charge is 0.381 e. The van der Waals surface area contributed by atoms with E-state index < -0.39 is 0 Å². The van der Waals surface area contributed by atoms with Crippen LogP contribution in [-0.2, 0) is 4.74 Å². The third kappa shape index (κ3) is 2.83. The second kappa shape index (κ2) is 5.78. The van der Waals surface area contributed by atoms with Gasteiger partial charge in [0.1, 0.15) is 0 Å². The molecule has 1 aromatic rings. The molecule has 1 aliphatic heterocycles. The first-order chi connectivity index (χ1) is 7.81. The standard InChI is InChI=1S/C13H16BrFO/c14-12-3-1-2-11(8-12)13(9-15)10-4-6-16-7-5-10/h1-3,8,10,13H,4-7,9H2. The van der Waals surface area contributed by atoms with Gasteiger partial charge in [0.05, 0.1) is 6.67 Å². The van der Waals surface area contributed by atoms with Crippen molar-refractivity contribution in [3.63, 3.8) is 0 Å². The molecule has 16 heavy (non-hydrogen) atoms. The molecule has 3 heteroatoms. The first-order valence-corrected chi connectivity index (χ1v) is 6.49. The van der Waals surface area contributed by atoms with Crippen molar-refractivity contribution in [1.29, 1.82) is 0 Å². The summed E-state index contributed by atoms with van der Waals surface area (Å²) >= 11 is 3.44. The van der Waals surface area contributed by atoms with E-state index in [9.17, 15) is 4.39 Å². The van der Waals surface area contributed by atoms with E-state index in [1.165, 1.54) is 0 Å². The van der Waals surface area contributed by atoms with Gasteiger partial charge >= 0.3 is 0 Å². The van der Waals surface area contributed by atoms with Crippen LogP contribution in [0.4, 0.5) is 4.39 Å². The summed E-state index contributed by atoms with van der Waals surface area (Å²) in [6, 6.07) is 7.99. The van der Waals surface area contributed by atoms with E-state index in [0.717, 1.165) is 36.1 Å². The number of hydrogen-bond acceptors (Lipinski definition) is 1. The Morgan fingerprint density at radius 1 is 1.38 bits per heavy atom. The minimum Gasteiger partial charge on any atom is -0.381 e. The summed E-state index contributed by atoms with van der Waals surface area (Å²) in [5.41, 5.74) is 1.10. The maximum Gasteiger partial charge on any atom is 0.0965 e. The second-order valence-electron chi connectivity index (χ2n) is 4.27. The third-order valence-electron chi connectivity index (χ3n) is 3.28. The molecule has 0 bridgehead atoms. The molecule has 2 rings (SSSR count). The molecule has 1 fully saturated rings. The molecule has 1 saturated heterocycles. The van der Waals surface area contributed by atoms with Gasteiger partial charge in [-0.2, -0.15) is 0 Å². The fourth-order valence-electron chi connectivity index (χ4n) is 2.34. The van der Waals surface area contributed by atoms with Gasteiger partial charge in [-0.25, -0.2) is 0 Å². The van der Waals surface area contributed by atoms with Crippen molar-refractivity contribution in [1.82, 2.24) is 0 Å². The van der Waals surface area contributed by atoms with Crippen LogP contribution in [-0.4, -0.2) is 19.9 Å². The third-order valence-corrected chi connectivity index (χ3v) is 3.77. The van der Waals surface area contributed by atoms with E-state index in [1.54, 1.807) is 0 Å². The number of hydrogen-bond donors (Lipinski definition) is 0. The molecule has 1 heterocycles. The van der Waals surface area contributed by atoms with Crippen molar-refractivity contribution in [3.8, 4) is 0 Å². The topological polar surface area (TPSA) is 9.23 Å². The Bertz CT molecular complexity index is 336. The van der Waals surface area contributed by atoms with Gasteiger partial charge in [0.25, 0.3) is 0 Å². The predicted molar refractivity (Wildman–Crippen MR) is 66.4 cm³/mol. The Balaban J connectivity index is 2.14. The van der Waals surface area contributed by atoms with Gasteiger partial charge in [0, 0.05) is 23.6 Å². The zero-order valence-electron chi connectivity index (χ0n) is 9.16. The highest BCUT2D eigenvalue weighted by molar-refractivity contribution is 9.10. The van der Waals surface area contributed by atoms with E-state index in [1.807, 2.05) is 24.3 Å². The van der Waals surface area contributed by atoms with E-state index >= 15 is 0 Å². The van der Waals surface area contributed by atoms with Crippen LogP contribution in [0.15, 0.2) is 28.7 Å². The maximum atomic E-state index is 13.2. The van der Waals surface area contributed by atoms with Crippen LogP contribution in [0.5, 0.6) is 0 Å². The van der Waals surface area contributed by atoms with Crippen LogP contribution >= 0.6 is 15.9 Å². The molecule has 1 nitrogen and oxygen atoms in total. The van der Waals surface area contributed by atoms with E-state index in [4.69, 9.17) is 4.74 Å². The van der Waals surface area contributed by atoms with Gasteiger partial charge < -0.3 is 4.74 Å². The molecular weight excluding hydrogens is 271 g/mol. The predicted octanol–water partition coefficient (Wildman–Crippen LogP) is 3.93. The summed E-state index contributed by atoms with van der Waals surface area (Å²) in [4.78, 5) is 0. The summed E-state index contributed by atoms with van der Waals surface area (Å²) in [5, 5.41) is 0. The Labute approximate surface area is 104 Å². The molecule has 1 aliphatic rings. The lowest BCUT2D eigenvalue weighted by Crippen LogP contribution is -2.23. The van der Waals surface area contributed by atoms with Crippen LogP contribution in [0.3, 0.4) is 0 Å². The van der Waals surface area contributed by atoms with Crippen molar-refractivity contribution < 1.29 is 9.13 Å². The fourth-order valence-corrected chi connectivity index (χ4v) is 2.76. The van der Waals surface area contributed by atoms with Crippen LogP contribution in [0.25, 0.3) is 0 Å². The summed E-state index contributed by atoms with van der Waals surface area (Å²) in [5.74, 6) is 0.453. The summed E-state index contributed by atoms with van der Waals surface area (Å²) in [7, 11) is 0. The minimum atomic E-state index is -0.277. The van der Waals surface area contributed by atoms with Crippen LogP contribution in [0.1, 0.15) is 24.3 Å². The van der Waals surface area contributed by atoms with Crippen molar-refractivity contribution in [2.75, 3.05) is 19.9 Å². The molecule has 0 amide bonds. The molecule has 0 spiro atoms. The van der Waals surface area contributed by atoms with E-state index in [2.05, 4.69) is 15.9 Å². The van der Waals surface area contributed by atoms with E-state index in [-0.39, 0.29) is 12.6 Å². The van der Waals surface area contributed by atoms with Crippen LogP contribution in [0.2, 0.25) is 0 Å². The van der Waals surface area contributed by atoms with Crippen molar-refractivity contribution >= 4 is 15.9 Å². The van der Waals surface area contributed by atoms with E-state index in [0.29, 0.717) is 5.92 Å². The molecule has 0 radical (unpaired) electrons. The number of ether oxygens (including phenoxy) is 1. The lowest BCUT2D eigenvalue weighted by atomic mass is 9.82. The molecule has 88 valence electrons. The maximum absolute atomic E-state index is 13.2. The Kier molecular flexibility index (Phi) is 4.36. The zero-order valence-corrected chi connectivity index (χ0v) is 10.7. The number of benzene rings is 1. The first-order valence-electron chi connectivity index (χ1n) is 5.70. The molecule has 1 unspecified atom stereocenters. The highest BCUT2D eigenvalue weighted by Crippen LogP contribution is 2.33. The quantitative estimate of drug-likeness (QED) is 0.818. The van der Waals surface area contributed by atoms with Gasteiger partial charge in [0.2, 0.25) is 0 Å². The Morgan fingerprint density at radius 3 is 2.75 bits per heavy atom. The van der Waals surface area contributed by atoms with Gasteiger partial charge in [-0.3, -0.25) is 4.39 Å². The molecular formula is C13H16BrFO. The molecule has 0 saturated carbocycles. The van der Waals surface area contributed by atoms with Gasteiger partial charge in [-0.1, -0.05) is 28.1 Å². The number of alkyl halides is 1. The lowest BCUT2D eigenvalue weighted by Gasteiger charge is -2.28. The highest BCUT2D eigenvalue weighted by atomic mass is 79.9. The minimum absolute atomic E-state index is 0.0291. The fraction of sp³-hybridized carbons (Fsp3) is 0.538. The molecule has 0 aromatic heterocycles. The van der Waals surface area contributed by atoms with Crippen LogP contribution in [0, 0.1) is 5.92 Å². The zero-order chi connectivity index (χ0) is 11.4. The molecule has 0 N–H and O–H groups in total. The van der Waals surface area contributed by atoms with Crippen molar-refractivity contribution in [3.05, 3.63) is 34.3 Å². The smallest absolute Gasteiger partial charge is 0.0965 e. The highest BCUT2D eigenvalue weighted by Gasteiger charge is 2.25. The molecule has 1 atom stereocenters. The lowest BCUT2D eigenvalue weighted by molar-refractivity contribution is 0.0547. The summed E-state index contributed by atoms with van der Waals surface area (Å²) < 4.78 is 19.5. The summed E-state index contributed by atoms with van der Waals surface area (Å²) in [6.07, 6.45) is 1.95.